The molecule has 0 amide bonds. The van der Waals surface area contributed by atoms with Crippen LogP contribution in [0.5, 0.6) is 0 Å². The van der Waals surface area contributed by atoms with Crippen LogP contribution in [0.1, 0.15) is 12.8 Å². The number of rotatable bonds is 3. The van der Waals surface area contributed by atoms with Crippen LogP contribution < -0.4 is 0 Å². The molecule has 0 aliphatic rings. The van der Waals surface area contributed by atoms with Gasteiger partial charge in [-0.1, -0.05) is 0 Å². The van der Waals surface area contributed by atoms with Crippen molar-refractivity contribution >= 4 is 17.0 Å². The van der Waals surface area contributed by atoms with Gasteiger partial charge < -0.3 is 15.3 Å². The summed E-state index contributed by atoms with van der Waals surface area (Å²) >= 11 is 4.19. The minimum Gasteiger partial charge on any atom is -0.469 e. The van der Waals surface area contributed by atoms with Gasteiger partial charge in [0.25, 0.3) is 0 Å². The molecule has 0 radical (unpaired) electrons. The summed E-state index contributed by atoms with van der Waals surface area (Å²) in [5.74, 6) is 0. The lowest BCUT2D eigenvalue weighted by molar-refractivity contribution is 0.220. The molecule has 3 N–H and O–H groups in total. The monoisotopic (exact) mass is 170 g/mol. The highest BCUT2D eigenvalue weighted by Gasteiger charge is 1.77. The van der Waals surface area contributed by atoms with E-state index in [1.165, 1.54) is 0 Å². The van der Waals surface area contributed by atoms with E-state index in [0.29, 0.717) is 0 Å². The number of carboxylic acid groups (broad SMARTS) is 1. The molecule has 0 aromatic rings. The van der Waals surface area contributed by atoms with E-state index in [9.17, 15) is 0 Å². The Labute approximate surface area is 64.1 Å². The number of unbranched alkanes of at least 4 members (excludes halogenated alkanes) is 1. The highest BCUT2D eigenvalue weighted by atomic mass is 35.5. The van der Waals surface area contributed by atoms with Gasteiger partial charge in [-0.15, -0.1) is 0 Å². The Bertz CT molecular complexity index is 68.0. The summed E-state index contributed by atoms with van der Waals surface area (Å²) in [5, 5.41) is 23.4. The maximum Gasteiger partial charge on any atom is 0.401 e. The molecule has 0 aliphatic heterocycles. The van der Waals surface area contributed by atoms with E-state index >= 15 is 0 Å². The maximum atomic E-state index is 8.77. The van der Waals surface area contributed by atoms with Crippen LogP contribution >= 0.6 is 11.6 Å². The molecule has 0 heterocycles. The molecule has 0 saturated carbocycles. The van der Waals surface area contributed by atoms with Crippen LogP contribution in [0.2, 0.25) is 0 Å². The molecule has 62 valence electrons. The van der Waals surface area contributed by atoms with Gasteiger partial charge >= 0.3 is 5.43 Å². The van der Waals surface area contributed by atoms with Gasteiger partial charge in [-0.25, -0.2) is 4.79 Å². The zero-order valence-electron chi connectivity index (χ0n) is 5.46. The van der Waals surface area contributed by atoms with Crippen LogP contribution in [-0.2, 0) is 0 Å². The van der Waals surface area contributed by atoms with Gasteiger partial charge in [-0.3, -0.25) is 0 Å². The fourth-order valence-electron chi connectivity index (χ4n) is 0.224. The van der Waals surface area contributed by atoms with E-state index < -0.39 is 5.43 Å². The fraction of sp³-hybridized carbons (Fsp3) is 0.800. The van der Waals surface area contributed by atoms with Crippen molar-refractivity contribution in [1.29, 1.82) is 0 Å². The predicted molar refractivity (Wildman–Crippen MR) is 37.3 cm³/mol. The number of halogens is 1. The van der Waals surface area contributed by atoms with E-state index in [2.05, 4.69) is 11.6 Å². The number of aliphatic hydroxyl groups excluding tert-OH is 2. The summed E-state index contributed by atoms with van der Waals surface area (Å²) in [6.45, 7) is 0.390. The van der Waals surface area contributed by atoms with Crippen LogP contribution in [0.15, 0.2) is 0 Å². The molecule has 0 bridgehead atoms. The van der Waals surface area contributed by atoms with E-state index in [0.717, 1.165) is 12.8 Å². The van der Waals surface area contributed by atoms with Gasteiger partial charge in [0, 0.05) is 24.8 Å². The standard InChI is InChI=1S/C4H10O2.CHClO2/c5-3-1-2-4-6;2-1(3)4/h5-6H,1-4H2;(H,3,4). The average molecular weight is 171 g/mol. The number of hydrogen-bond acceptors (Lipinski definition) is 3. The first-order valence-corrected chi connectivity index (χ1v) is 3.13. The third-order valence-electron chi connectivity index (χ3n) is 0.566. The van der Waals surface area contributed by atoms with Crippen molar-refractivity contribution < 1.29 is 20.1 Å². The molecule has 0 spiro atoms. The molecule has 0 atom stereocenters. The largest absolute Gasteiger partial charge is 0.469 e. The molecule has 10 heavy (non-hydrogen) atoms. The van der Waals surface area contributed by atoms with Gasteiger partial charge in [0.2, 0.25) is 0 Å². The van der Waals surface area contributed by atoms with Crippen molar-refractivity contribution in [3.8, 4) is 0 Å². The Morgan fingerprint density at radius 2 is 1.40 bits per heavy atom. The van der Waals surface area contributed by atoms with Gasteiger partial charge in [-0.05, 0) is 12.8 Å². The molecule has 4 nitrogen and oxygen atoms in total. The second-order valence-corrected chi connectivity index (χ2v) is 1.73. The normalized spacial score (nSPS) is 7.90. The minimum absolute atomic E-state index is 0.195. The van der Waals surface area contributed by atoms with E-state index in [4.69, 9.17) is 20.1 Å². The molecule has 0 unspecified atom stereocenters. The van der Waals surface area contributed by atoms with Crippen molar-refractivity contribution in [3.63, 3.8) is 0 Å². The lowest BCUT2D eigenvalue weighted by Gasteiger charge is -1.85. The van der Waals surface area contributed by atoms with Crippen molar-refractivity contribution in [2.24, 2.45) is 0 Å². The summed E-state index contributed by atoms with van der Waals surface area (Å²) in [4.78, 5) is 8.77. The Kier molecular flexibility index (Phi) is 14.2. The van der Waals surface area contributed by atoms with Gasteiger partial charge in [-0.2, -0.15) is 0 Å². The zero-order chi connectivity index (χ0) is 8.41. The van der Waals surface area contributed by atoms with Crippen LogP contribution in [0.4, 0.5) is 4.79 Å². The first-order chi connectivity index (χ1) is 4.65. The second-order valence-electron chi connectivity index (χ2n) is 1.41. The quantitative estimate of drug-likeness (QED) is 0.430. The average Bonchev–Trinajstić information content (AvgIpc) is 1.82. The summed E-state index contributed by atoms with van der Waals surface area (Å²) in [5.41, 5.74) is -1.36. The topological polar surface area (TPSA) is 77.8 Å². The van der Waals surface area contributed by atoms with Crippen molar-refractivity contribution in [2.75, 3.05) is 13.2 Å². The van der Waals surface area contributed by atoms with Gasteiger partial charge in [0.15, 0.2) is 0 Å². The number of aliphatic hydroxyl groups is 2. The smallest absolute Gasteiger partial charge is 0.401 e. The van der Waals surface area contributed by atoms with Gasteiger partial charge in [0.1, 0.15) is 0 Å². The van der Waals surface area contributed by atoms with Crippen molar-refractivity contribution in [1.82, 2.24) is 0 Å². The van der Waals surface area contributed by atoms with Crippen LogP contribution in [0.25, 0.3) is 0 Å². The SMILES string of the molecule is O=C(O)Cl.OCCCCO. The van der Waals surface area contributed by atoms with Crippen molar-refractivity contribution in [2.45, 2.75) is 12.8 Å². The fourth-order valence-corrected chi connectivity index (χ4v) is 0.224. The highest BCUT2D eigenvalue weighted by Crippen LogP contribution is 1.80. The van der Waals surface area contributed by atoms with E-state index in [1.807, 2.05) is 0 Å². The van der Waals surface area contributed by atoms with Crippen molar-refractivity contribution in [3.05, 3.63) is 0 Å². The predicted octanol–water partition coefficient (Wildman–Crippen LogP) is 0.654. The molecule has 0 aromatic heterocycles. The van der Waals surface area contributed by atoms with Gasteiger partial charge in [0.05, 0.1) is 0 Å². The van der Waals surface area contributed by atoms with Crippen LogP contribution in [0, 0.1) is 0 Å². The molecule has 0 fully saturated rings. The first-order valence-electron chi connectivity index (χ1n) is 2.75. The van der Waals surface area contributed by atoms with Crippen LogP contribution in [-0.4, -0.2) is 34.0 Å². The maximum absolute atomic E-state index is 8.77. The molecule has 0 saturated heterocycles. The highest BCUT2D eigenvalue weighted by molar-refractivity contribution is 6.60. The molecule has 0 aliphatic carbocycles. The third kappa shape index (κ3) is 47.7. The summed E-state index contributed by atoms with van der Waals surface area (Å²) in [7, 11) is 0. The molecule has 0 rings (SSSR count). The van der Waals surface area contributed by atoms with Crippen LogP contribution in [0.3, 0.4) is 0 Å². The summed E-state index contributed by atoms with van der Waals surface area (Å²) in [6.07, 6.45) is 1.44. The Morgan fingerprint density at radius 1 is 1.20 bits per heavy atom. The second kappa shape index (κ2) is 11.5. The number of carbonyl (C=O) groups is 1. The molecular weight excluding hydrogens is 160 g/mol. The third-order valence-corrected chi connectivity index (χ3v) is 0.566. The Morgan fingerprint density at radius 3 is 1.50 bits per heavy atom. The minimum atomic E-state index is -1.36. The number of hydrogen-bond donors (Lipinski definition) is 3. The Hall–Kier alpha value is -0.320. The molecule has 0 aromatic carbocycles. The molecular formula is C5H11ClO4. The Balaban J connectivity index is 0. The summed E-state index contributed by atoms with van der Waals surface area (Å²) in [6, 6.07) is 0. The van der Waals surface area contributed by atoms with E-state index in [1.54, 1.807) is 0 Å². The molecule has 5 heteroatoms. The lowest BCUT2D eigenvalue weighted by atomic mass is 10.3. The first kappa shape index (κ1) is 12.4. The van der Waals surface area contributed by atoms with E-state index in [-0.39, 0.29) is 13.2 Å². The lowest BCUT2D eigenvalue weighted by Crippen LogP contribution is -1.85. The zero-order valence-corrected chi connectivity index (χ0v) is 6.21. The summed E-state index contributed by atoms with van der Waals surface area (Å²) < 4.78 is 0.